The maximum atomic E-state index is 12.9. The fourth-order valence-electron chi connectivity index (χ4n) is 1.58. The van der Waals surface area contributed by atoms with Gasteiger partial charge in [-0.3, -0.25) is 4.72 Å². The molecule has 0 bridgehead atoms. The van der Waals surface area contributed by atoms with E-state index in [4.69, 9.17) is 5.73 Å². The summed E-state index contributed by atoms with van der Waals surface area (Å²) in [5, 5.41) is 0. The number of hydrogen-bond donors (Lipinski definition) is 2. The highest BCUT2D eigenvalue weighted by atomic mass is 32.2. The molecule has 21 heavy (non-hydrogen) atoms. The first-order valence-electron chi connectivity index (χ1n) is 6.15. The summed E-state index contributed by atoms with van der Waals surface area (Å²) in [5.74, 6) is 0. The van der Waals surface area contributed by atoms with Crippen LogP contribution in [0.2, 0.25) is 0 Å². The summed E-state index contributed by atoms with van der Waals surface area (Å²) in [7, 11) is -2.57. The van der Waals surface area contributed by atoms with Crippen LogP contribution in [0.15, 0.2) is 18.2 Å². The molecule has 0 saturated carbocycles. The Morgan fingerprint density at radius 3 is 2.33 bits per heavy atom. The quantitative estimate of drug-likeness (QED) is 0.871. The van der Waals surface area contributed by atoms with Crippen molar-refractivity contribution in [3.05, 3.63) is 29.3 Å². The maximum absolute atomic E-state index is 12.9. The van der Waals surface area contributed by atoms with Crippen molar-refractivity contribution in [3.63, 3.8) is 0 Å². The molecule has 5 nitrogen and oxygen atoms in total. The third-order valence-electron chi connectivity index (χ3n) is 2.99. The van der Waals surface area contributed by atoms with Crippen molar-refractivity contribution in [2.75, 3.05) is 11.8 Å². The molecule has 0 aliphatic rings. The molecule has 3 N–H and O–H groups in total. The van der Waals surface area contributed by atoms with Crippen molar-refractivity contribution in [2.24, 2.45) is 5.73 Å². The smallest absolute Gasteiger partial charge is 0.326 e. The first kappa shape index (κ1) is 17.7. The van der Waals surface area contributed by atoms with Gasteiger partial charge in [0.15, 0.2) is 0 Å². The van der Waals surface area contributed by atoms with Crippen molar-refractivity contribution in [3.8, 4) is 0 Å². The first-order chi connectivity index (χ1) is 9.49. The summed E-state index contributed by atoms with van der Waals surface area (Å²) in [5.41, 5.74) is 4.06. The number of alkyl halides is 3. The van der Waals surface area contributed by atoms with Crippen LogP contribution in [0.1, 0.15) is 25.0 Å². The van der Waals surface area contributed by atoms with Crippen LogP contribution in [-0.4, -0.2) is 25.8 Å². The van der Waals surface area contributed by atoms with Crippen molar-refractivity contribution in [1.82, 2.24) is 4.31 Å². The second kappa shape index (κ2) is 6.20. The Kier molecular flexibility index (Phi) is 5.24. The van der Waals surface area contributed by atoms with Gasteiger partial charge in [-0.05, 0) is 31.5 Å². The molecule has 0 amide bonds. The Morgan fingerprint density at radius 1 is 1.33 bits per heavy atom. The molecule has 0 unspecified atom stereocenters. The summed E-state index contributed by atoms with van der Waals surface area (Å²) in [4.78, 5) is 0. The molecular weight excluding hydrogens is 307 g/mol. The average molecular weight is 325 g/mol. The molecule has 1 aromatic carbocycles. The number of rotatable bonds is 5. The number of nitrogens with one attached hydrogen (secondary N) is 1. The van der Waals surface area contributed by atoms with Crippen molar-refractivity contribution >= 4 is 15.9 Å². The molecule has 0 spiro atoms. The molecule has 0 atom stereocenters. The number of hydrogen-bond acceptors (Lipinski definition) is 3. The van der Waals surface area contributed by atoms with Crippen LogP contribution in [0.4, 0.5) is 18.9 Å². The zero-order chi connectivity index (χ0) is 16.4. The predicted octanol–water partition coefficient (Wildman–Crippen LogP) is 2.16. The van der Waals surface area contributed by atoms with Crippen LogP contribution in [0.25, 0.3) is 0 Å². The fraction of sp³-hybridized carbons (Fsp3) is 0.500. The van der Waals surface area contributed by atoms with Gasteiger partial charge in [-0.1, -0.05) is 6.07 Å². The topological polar surface area (TPSA) is 75.4 Å². The van der Waals surface area contributed by atoms with E-state index in [1.54, 1.807) is 13.8 Å². The van der Waals surface area contributed by atoms with E-state index in [1.807, 2.05) is 0 Å². The molecular formula is C12H18F3N3O2S. The Labute approximate surface area is 122 Å². The predicted molar refractivity (Wildman–Crippen MR) is 74.8 cm³/mol. The van der Waals surface area contributed by atoms with Crippen LogP contribution < -0.4 is 10.5 Å². The van der Waals surface area contributed by atoms with E-state index >= 15 is 0 Å². The highest BCUT2D eigenvalue weighted by molar-refractivity contribution is 7.90. The zero-order valence-electron chi connectivity index (χ0n) is 11.9. The van der Waals surface area contributed by atoms with Gasteiger partial charge in [0.25, 0.3) is 0 Å². The highest BCUT2D eigenvalue weighted by Gasteiger charge is 2.33. The van der Waals surface area contributed by atoms with E-state index in [2.05, 4.69) is 4.72 Å². The van der Waals surface area contributed by atoms with Gasteiger partial charge in [0.1, 0.15) is 0 Å². The second-order valence-corrected chi connectivity index (χ2v) is 6.52. The monoisotopic (exact) mass is 325 g/mol. The average Bonchev–Trinajstić information content (AvgIpc) is 2.36. The highest BCUT2D eigenvalue weighted by Crippen LogP contribution is 2.34. The summed E-state index contributed by atoms with van der Waals surface area (Å²) < 4.78 is 65.8. The van der Waals surface area contributed by atoms with Gasteiger partial charge in [-0.2, -0.15) is 25.9 Å². The number of nitrogens with zero attached hydrogens (tertiary/aromatic N) is 1. The lowest BCUT2D eigenvalue weighted by Gasteiger charge is -2.22. The molecule has 9 heteroatoms. The minimum absolute atomic E-state index is 0.0948. The van der Waals surface area contributed by atoms with Crippen molar-refractivity contribution in [2.45, 2.75) is 32.6 Å². The summed E-state index contributed by atoms with van der Waals surface area (Å²) in [6, 6.07) is 2.83. The van der Waals surface area contributed by atoms with Gasteiger partial charge in [0, 0.05) is 19.6 Å². The lowest BCUT2D eigenvalue weighted by atomic mass is 10.1. The van der Waals surface area contributed by atoms with Crippen molar-refractivity contribution in [1.29, 1.82) is 0 Å². The van der Waals surface area contributed by atoms with Gasteiger partial charge in [0.05, 0.1) is 11.3 Å². The third-order valence-corrected chi connectivity index (χ3v) is 4.66. The summed E-state index contributed by atoms with van der Waals surface area (Å²) in [6.45, 7) is 3.02. The van der Waals surface area contributed by atoms with E-state index in [0.29, 0.717) is 0 Å². The zero-order valence-corrected chi connectivity index (χ0v) is 12.7. The molecule has 0 radical (unpaired) electrons. The molecule has 1 aromatic rings. The Balaban J connectivity index is 3.17. The molecule has 120 valence electrons. The standard InChI is InChI=1S/C12H18F3N3O2S/c1-8(2)18(3)21(19,20)17-10-5-4-9(7-16)11(6-10)12(13,14)15/h4-6,8,17H,7,16H2,1-3H3. The molecule has 0 aliphatic carbocycles. The van der Waals surface area contributed by atoms with Crippen molar-refractivity contribution < 1.29 is 21.6 Å². The molecule has 0 aromatic heterocycles. The van der Waals surface area contributed by atoms with E-state index in [-0.39, 0.29) is 23.8 Å². The van der Waals surface area contributed by atoms with Gasteiger partial charge >= 0.3 is 16.4 Å². The Bertz CT molecular complexity index is 600. The lowest BCUT2D eigenvalue weighted by molar-refractivity contribution is -0.138. The van der Waals surface area contributed by atoms with Crippen LogP contribution in [0, 0.1) is 0 Å². The molecule has 0 heterocycles. The number of nitrogens with two attached hydrogens (primary N) is 1. The third kappa shape index (κ3) is 4.32. The number of anilines is 1. The SMILES string of the molecule is CC(C)N(C)S(=O)(=O)Nc1ccc(CN)c(C(F)(F)F)c1. The lowest BCUT2D eigenvalue weighted by Crippen LogP contribution is -2.37. The van der Waals surface area contributed by atoms with Crippen LogP contribution in [0.5, 0.6) is 0 Å². The molecule has 0 aliphatic heterocycles. The maximum Gasteiger partial charge on any atom is 0.416 e. The molecule has 1 rings (SSSR count). The van der Waals surface area contributed by atoms with Gasteiger partial charge in [-0.15, -0.1) is 0 Å². The van der Waals surface area contributed by atoms with E-state index in [0.717, 1.165) is 16.4 Å². The van der Waals surface area contributed by atoms with E-state index in [9.17, 15) is 21.6 Å². The number of benzene rings is 1. The minimum Gasteiger partial charge on any atom is -0.326 e. The Morgan fingerprint density at radius 2 is 1.90 bits per heavy atom. The molecule has 0 fully saturated rings. The fourth-order valence-corrected chi connectivity index (χ4v) is 2.70. The Hall–Kier alpha value is -1.32. The van der Waals surface area contributed by atoms with E-state index < -0.39 is 21.9 Å². The summed E-state index contributed by atoms with van der Waals surface area (Å²) in [6.07, 6.45) is -4.60. The second-order valence-electron chi connectivity index (χ2n) is 4.79. The van der Waals surface area contributed by atoms with Gasteiger partial charge in [-0.25, -0.2) is 0 Å². The first-order valence-corrected chi connectivity index (χ1v) is 7.59. The minimum atomic E-state index is -4.60. The van der Waals surface area contributed by atoms with Crippen LogP contribution in [0.3, 0.4) is 0 Å². The normalized spacial score (nSPS) is 13.0. The largest absolute Gasteiger partial charge is 0.416 e. The van der Waals surface area contributed by atoms with Crippen LogP contribution in [-0.2, 0) is 22.9 Å². The van der Waals surface area contributed by atoms with Gasteiger partial charge in [0.2, 0.25) is 0 Å². The summed E-state index contributed by atoms with van der Waals surface area (Å²) >= 11 is 0. The van der Waals surface area contributed by atoms with E-state index in [1.165, 1.54) is 13.1 Å². The molecule has 0 saturated heterocycles. The number of halogens is 3. The van der Waals surface area contributed by atoms with Gasteiger partial charge < -0.3 is 5.73 Å². The van der Waals surface area contributed by atoms with Crippen LogP contribution >= 0.6 is 0 Å².